The molecular weight excluding hydrogens is 378 g/mol. The van der Waals surface area contributed by atoms with Crippen LogP contribution >= 0.6 is 0 Å². The average Bonchev–Trinajstić information content (AvgIpc) is 3.24. The zero-order chi connectivity index (χ0) is 21.4. The fourth-order valence-corrected chi connectivity index (χ4v) is 3.68. The number of nitriles is 2. The van der Waals surface area contributed by atoms with Crippen molar-refractivity contribution in [1.29, 1.82) is 10.5 Å². The SMILES string of the molecule is CCn1c(-c2c(N)n(CC[NH+](C)C)c3nc(C#N)c(C#N)nc23)nc2ccccc21. The molecule has 0 radical (unpaired) electrons. The zero-order valence-electron chi connectivity index (χ0n) is 17.1. The summed E-state index contributed by atoms with van der Waals surface area (Å²) in [6, 6.07) is 11.8. The minimum atomic E-state index is -0.0132. The molecule has 9 heteroatoms. The van der Waals surface area contributed by atoms with Crippen molar-refractivity contribution in [2.75, 3.05) is 26.4 Å². The first-order valence-electron chi connectivity index (χ1n) is 9.74. The van der Waals surface area contributed by atoms with Crippen LogP contribution in [0.15, 0.2) is 24.3 Å². The van der Waals surface area contributed by atoms with Crippen LogP contribution in [0.5, 0.6) is 0 Å². The van der Waals surface area contributed by atoms with Gasteiger partial charge in [-0.3, -0.25) is 0 Å². The predicted octanol–water partition coefficient (Wildman–Crippen LogP) is 0.938. The van der Waals surface area contributed by atoms with E-state index < -0.39 is 0 Å². The summed E-state index contributed by atoms with van der Waals surface area (Å²) in [6.07, 6.45) is 0. The van der Waals surface area contributed by atoms with E-state index in [-0.39, 0.29) is 11.4 Å². The van der Waals surface area contributed by atoms with Crippen LogP contribution in [0.4, 0.5) is 5.82 Å². The van der Waals surface area contributed by atoms with Crippen molar-refractivity contribution in [2.24, 2.45) is 0 Å². The molecule has 0 saturated heterocycles. The van der Waals surface area contributed by atoms with Gasteiger partial charge in [0.05, 0.1) is 43.8 Å². The van der Waals surface area contributed by atoms with Gasteiger partial charge in [0.25, 0.3) is 0 Å². The topological polar surface area (TPSA) is 127 Å². The number of hydrogen-bond donors (Lipinski definition) is 2. The Morgan fingerprint density at radius 3 is 2.40 bits per heavy atom. The number of benzene rings is 1. The molecule has 0 aliphatic heterocycles. The number of rotatable bonds is 5. The molecule has 0 atom stereocenters. The lowest BCUT2D eigenvalue weighted by Crippen LogP contribution is -3.06. The predicted molar refractivity (Wildman–Crippen MR) is 113 cm³/mol. The number of para-hydroxylation sites is 2. The number of imidazole rings is 1. The van der Waals surface area contributed by atoms with Crippen LogP contribution in [0.3, 0.4) is 0 Å². The molecule has 1 aromatic carbocycles. The normalized spacial score (nSPS) is 11.3. The molecule has 3 N–H and O–H groups in total. The molecule has 3 aromatic heterocycles. The summed E-state index contributed by atoms with van der Waals surface area (Å²) in [5, 5.41) is 18.9. The smallest absolute Gasteiger partial charge is 0.179 e. The van der Waals surface area contributed by atoms with Crippen molar-refractivity contribution in [1.82, 2.24) is 24.1 Å². The van der Waals surface area contributed by atoms with E-state index >= 15 is 0 Å². The van der Waals surface area contributed by atoms with E-state index in [1.807, 2.05) is 47.9 Å². The molecule has 0 aliphatic carbocycles. The molecule has 0 aliphatic rings. The van der Waals surface area contributed by atoms with Gasteiger partial charge in [-0.2, -0.15) is 10.5 Å². The molecule has 0 saturated carbocycles. The number of fused-ring (bicyclic) bond motifs is 2. The van der Waals surface area contributed by atoms with E-state index in [0.717, 1.165) is 17.6 Å². The number of nitrogens with zero attached hydrogens (tertiary/aromatic N) is 7. The second-order valence-corrected chi connectivity index (χ2v) is 7.35. The number of likely N-dealkylation sites (N-methyl/N-ethyl adjacent to an activating group) is 1. The van der Waals surface area contributed by atoms with E-state index in [1.165, 1.54) is 4.90 Å². The van der Waals surface area contributed by atoms with Crippen molar-refractivity contribution in [3.63, 3.8) is 0 Å². The first-order chi connectivity index (χ1) is 14.5. The monoisotopic (exact) mass is 400 g/mol. The molecule has 0 amide bonds. The lowest BCUT2D eigenvalue weighted by molar-refractivity contribution is -0.858. The number of aromatic nitrogens is 5. The summed E-state index contributed by atoms with van der Waals surface area (Å²) in [6.45, 7) is 4.14. The molecular formula is C21H22N9+. The fourth-order valence-electron chi connectivity index (χ4n) is 3.68. The molecule has 0 bridgehead atoms. The van der Waals surface area contributed by atoms with Crippen LogP contribution < -0.4 is 10.6 Å². The molecule has 150 valence electrons. The van der Waals surface area contributed by atoms with Gasteiger partial charge in [0.15, 0.2) is 17.0 Å². The summed E-state index contributed by atoms with van der Waals surface area (Å²) in [4.78, 5) is 15.0. The zero-order valence-corrected chi connectivity index (χ0v) is 17.1. The van der Waals surface area contributed by atoms with Crippen LogP contribution in [-0.2, 0) is 13.1 Å². The Hall–Kier alpha value is -3.95. The van der Waals surface area contributed by atoms with Gasteiger partial charge >= 0.3 is 0 Å². The third-order valence-electron chi connectivity index (χ3n) is 5.16. The Kier molecular flexibility index (Phi) is 4.82. The molecule has 9 nitrogen and oxygen atoms in total. The Labute approximate surface area is 173 Å². The standard InChI is InChI=1S/C21H21N9/c1-4-29-16-8-6-5-7-13(16)26-20(29)17-18-21(27-15(12-23)14(11-22)25-18)30(19(17)24)10-9-28(2)3/h5-8H,4,9-10,24H2,1-3H3/p+1. The van der Waals surface area contributed by atoms with Crippen LogP contribution in [-0.4, -0.2) is 44.7 Å². The maximum Gasteiger partial charge on any atom is 0.179 e. The highest BCUT2D eigenvalue weighted by Gasteiger charge is 2.25. The molecule has 4 aromatic rings. The quantitative estimate of drug-likeness (QED) is 0.513. The lowest BCUT2D eigenvalue weighted by atomic mass is 10.2. The summed E-state index contributed by atoms with van der Waals surface area (Å²) in [5.74, 6) is 1.16. The first kappa shape index (κ1) is 19.4. The van der Waals surface area contributed by atoms with E-state index in [0.29, 0.717) is 41.5 Å². The maximum absolute atomic E-state index is 9.47. The Morgan fingerprint density at radius 2 is 1.73 bits per heavy atom. The van der Waals surface area contributed by atoms with E-state index in [1.54, 1.807) is 0 Å². The number of hydrogen-bond acceptors (Lipinski definition) is 6. The van der Waals surface area contributed by atoms with Crippen molar-refractivity contribution in [3.05, 3.63) is 35.7 Å². The van der Waals surface area contributed by atoms with Crippen molar-refractivity contribution in [2.45, 2.75) is 20.0 Å². The van der Waals surface area contributed by atoms with Gasteiger partial charge in [-0.25, -0.2) is 15.0 Å². The van der Waals surface area contributed by atoms with E-state index in [4.69, 9.17) is 10.7 Å². The summed E-state index contributed by atoms with van der Waals surface area (Å²) in [7, 11) is 4.11. The van der Waals surface area contributed by atoms with Crippen LogP contribution in [0, 0.1) is 22.7 Å². The van der Waals surface area contributed by atoms with Gasteiger partial charge in [-0.15, -0.1) is 0 Å². The molecule has 0 fully saturated rings. The van der Waals surface area contributed by atoms with Gasteiger partial charge in [-0.05, 0) is 19.1 Å². The van der Waals surface area contributed by atoms with E-state index in [9.17, 15) is 10.5 Å². The summed E-state index contributed by atoms with van der Waals surface area (Å²) >= 11 is 0. The third kappa shape index (κ3) is 2.93. The number of nitrogens with one attached hydrogen (secondary N) is 1. The van der Waals surface area contributed by atoms with Gasteiger partial charge in [-0.1, -0.05) is 12.1 Å². The lowest BCUT2D eigenvalue weighted by Gasteiger charge is -2.11. The van der Waals surface area contributed by atoms with Gasteiger partial charge in [0.1, 0.15) is 29.3 Å². The molecule has 4 rings (SSSR count). The molecule has 30 heavy (non-hydrogen) atoms. The third-order valence-corrected chi connectivity index (χ3v) is 5.16. The Bertz CT molecular complexity index is 1350. The van der Waals surface area contributed by atoms with Crippen molar-refractivity contribution < 1.29 is 4.90 Å². The molecule has 3 heterocycles. The van der Waals surface area contributed by atoms with Gasteiger partial charge in [0.2, 0.25) is 0 Å². The van der Waals surface area contributed by atoms with Crippen LogP contribution in [0.2, 0.25) is 0 Å². The minimum absolute atomic E-state index is 0.00325. The Balaban J connectivity index is 2.09. The summed E-state index contributed by atoms with van der Waals surface area (Å²) in [5.41, 5.74) is 10.1. The number of nitrogen functional groups attached to an aromatic ring is 1. The number of aryl methyl sites for hydroxylation is 1. The van der Waals surface area contributed by atoms with Crippen molar-refractivity contribution in [3.8, 4) is 23.5 Å². The van der Waals surface area contributed by atoms with E-state index in [2.05, 4.69) is 28.6 Å². The first-order valence-corrected chi connectivity index (χ1v) is 9.74. The highest BCUT2D eigenvalue weighted by atomic mass is 15.2. The highest BCUT2D eigenvalue weighted by molar-refractivity contribution is 5.99. The highest BCUT2D eigenvalue weighted by Crippen LogP contribution is 2.36. The fraction of sp³-hybridized carbons (Fsp3) is 0.286. The summed E-state index contributed by atoms with van der Waals surface area (Å²) < 4.78 is 3.94. The molecule has 0 spiro atoms. The number of nitrogens with two attached hydrogens (primary N) is 1. The second-order valence-electron chi connectivity index (χ2n) is 7.35. The largest absolute Gasteiger partial charge is 0.384 e. The average molecular weight is 400 g/mol. The van der Waals surface area contributed by atoms with Crippen LogP contribution in [0.25, 0.3) is 33.6 Å². The van der Waals surface area contributed by atoms with Gasteiger partial charge < -0.3 is 19.8 Å². The van der Waals surface area contributed by atoms with Crippen molar-refractivity contribution >= 4 is 28.0 Å². The maximum atomic E-state index is 9.47. The molecule has 0 unspecified atom stereocenters. The second kappa shape index (κ2) is 7.47. The number of anilines is 1. The van der Waals surface area contributed by atoms with Crippen LogP contribution in [0.1, 0.15) is 18.3 Å². The number of quaternary nitrogens is 1. The van der Waals surface area contributed by atoms with Gasteiger partial charge in [0, 0.05) is 6.54 Å². The minimum Gasteiger partial charge on any atom is -0.384 e. The Morgan fingerprint density at radius 1 is 1.03 bits per heavy atom.